The summed E-state index contributed by atoms with van der Waals surface area (Å²) in [5.41, 5.74) is 0.952. The molecule has 0 fully saturated rings. The molecule has 1 aromatic carbocycles. The van der Waals surface area contributed by atoms with E-state index in [2.05, 4.69) is 5.32 Å². The molecule has 2 aromatic rings. The molecule has 2 N–H and O–H groups in total. The molecule has 3 nitrogen and oxygen atoms in total. The molecule has 0 atom stereocenters. The zero-order valence-corrected chi connectivity index (χ0v) is 11.4. The van der Waals surface area contributed by atoms with Crippen molar-refractivity contribution in [2.75, 3.05) is 5.32 Å². The number of carboxylic acids is 1. The number of carboxylic acid groups (broad SMARTS) is 1. The fourth-order valence-corrected chi connectivity index (χ4v) is 2.76. The van der Waals surface area contributed by atoms with Crippen LogP contribution in [0.5, 0.6) is 0 Å². The average Bonchev–Trinajstić information content (AvgIpc) is 2.77. The standard InChI is InChI=1S/C12H9Cl2NO2S/c13-9-2-1-3-10(14)11(9)15-5-8-4-7(6-18-8)12(16)17/h1-4,6,15H,5H2,(H,16,17). The second-order valence-electron chi connectivity index (χ2n) is 3.56. The summed E-state index contributed by atoms with van der Waals surface area (Å²) in [5.74, 6) is -0.923. The van der Waals surface area contributed by atoms with E-state index in [0.717, 1.165) is 4.88 Å². The van der Waals surface area contributed by atoms with Crippen LogP contribution in [0.2, 0.25) is 10.0 Å². The van der Waals surface area contributed by atoms with Crippen LogP contribution >= 0.6 is 34.5 Å². The van der Waals surface area contributed by atoms with Gasteiger partial charge in [0.15, 0.2) is 0 Å². The predicted octanol–water partition coefficient (Wildman–Crippen LogP) is 4.37. The first-order valence-corrected chi connectivity index (χ1v) is 6.70. The summed E-state index contributed by atoms with van der Waals surface area (Å²) >= 11 is 13.4. The zero-order valence-electron chi connectivity index (χ0n) is 9.11. The third kappa shape index (κ3) is 2.96. The number of thiophene rings is 1. The Morgan fingerprint density at radius 1 is 1.33 bits per heavy atom. The predicted molar refractivity (Wildman–Crippen MR) is 75.1 cm³/mol. The quantitative estimate of drug-likeness (QED) is 0.882. The van der Waals surface area contributed by atoms with E-state index in [1.807, 2.05) is 0 Å². The summed E-state index contributed by atoms with van der Waals surface area (Å²) in [6.07, 6.45) is 0. The number of benzene rings is 1. The van der Waals surface area contributed by atoms with Crippen LogP contribution in [-0.4, -0.2) is 11.1 Å². The number of anilines is 1. The van der Waals surface area contributed by atoms with Crippen molar-refractivity contribution in [3.8, 4) is 0 Å². The number of aromatic carboxylic acids is 1. The molecule has 0 saturated carbocycles. The molecule has 0 spiro atoms. The highest BCUT2D eigenvalue weighted by Gasteiger charge is 2.08. The Morgan fingerprint density at radius 3 is 2.56 bits per heavy atom. The second kappa shape index (κ2) is 5.61. The van der Waals surface area contributed by atoms with Crippen LogP contribution < -0.4 is 5.32 Å². The normalized spacial score (nSPS) is 10.3. The lowest BCUT2D eigenvalue weighted by molar-refractivity contribution is 0.0697. The van der Waals surface area contributed by atoms with Crippen molar-refractivity contribution in [1.82, 2.24) is 0 Å². The highest BCUT2D eigenvalue weighted by molar-refractivity contribution is 7.10. The Balaban J connectivity index is 2.09. The van der Waals surface area contributed by atoms with Crippen molar-refractivity contribution in [2.24, 2.45) is 0 Å². The van der Waals surface area contributed by atoms with Crippen molar-refractivity contribution in [3.63, 3.8) is 0 Å². The maximum absolute atomic E-state index is 10.7. The Hall–Kier alpha value is -1.23. The topological polar surface area (TPSA) is 49.3 Å². The van der Waals surface area contributed by atoms with Gasteiger partial charge < -0.3 is 10.4 Å². The van der Waals surface area contributed by atoms with Crippen LogP contribution in [0.1, 0.15) is 15.2 Å². The van der Waals surface area contributed by atoms with Crippen molar-refractivity contribution in [3.05, 3.63) is 50.1 Å². The highest BCUT2D eigenvalue weighted by atomic mass is 35.5. The first kappa shape index (κ1) is 13.2. The number of para-hydroxylation sites is 1. The molecule has 0 aliphatic rings. The molecule has 0 unspecified atom stereocenters. The third-order valence-electron chi connectivity index (χ3n) is 2.30. The maximum atomic E-state index is 10.7. The van der Waals surface area contributed by atoms with Crippen LogP contribution in [0.15, 0.2) is 29.6 Å². The number of rotatable bonds is 4. The third-order valence-corrected chi connectivity index (χ3v) is 3.87. The van der Waals surface area contributed by atoms with E-state index in [-0.39, 0.29) is 0 Å². The Bertz CT molecular complexity index is 563. The summed E-state index contributed by atoms with van der Waals surface area (Å²) in [6.45, 7) is 0.488. The first-order chi connectivity index (χ1) is 8.58. The number of hydrogen-bond donors (Lipinski definition) is 2. The molecule has 2 rings (SSSR count). The number of nitrogens with one attached hydrogen (secondary N) is 1. The molecule has 0 bridgehead atoms. The van der Waals surface area contributed by atoms with Gasteiger partial charge in [0.25, 0.3) is 0 Å². The van der Waals surface area contributed by atoms with Gasteiger partial charge in [-0.25, -0.2) is 4.79 Å². The van der Waals surface area contributed by atoms with Crippen molar-refractivity contribution >= 4 is 46.2 Å². The van der Waals surface area contributed by atoms with Crippen LogP contribution in [-0.2, 0) is 6.54 Å². The van der Waals surface area contributed by atoms with Crippen LogP contribution in [0.3, 0.4) is 0 Å². The minimum Gasteiger partial charge on any atom is -0.478 e. The average molecular weight is 302 g/mol. The summed E-state index contributed by atoms with van der Waals surface area (Å²) in [5, 5.41) is 14.6. The SMILES string of the molecule is O=C(O)c1csc(CNc2c(Cl)cccc2Cl)c1. The molecule has 0 saturated heterocycles. The lowest BCUT2D eigenvalue weighted by atomic mass is 10.3. The van der Waals surface area contributed by atoms with Crippen LogP contribution in [0.4, 0.5) is 5.69 Å². The molecule has 0 radical (unpaired) electrons. The highest BCUT2D eigenvalue weighted by Crippen LogP contribution is 2.30. The molecule has 1 heterocycles. The summed E-state index contributed by atoms with van der Waals surface area (Å²) < 4.78 is 0. The largest absolute Gasteiger partial charge is 0.478 e. The van der Waals surface area contributed by atoms with E-state index in [0.29, 0.717) is 27.8 Å². The molecule has 0 amide bonds. The summed E-state index contributed by atoms with van der Waals surface area (Å²) in [4.78, 5) is 11.6. The van der Waals surface area contributed by atoms with E-state index < -0.39 is 5.97 Å². The van der Waals surface area contributed by atoms with E-state index in [1.165, 1.54) is 11.3 Å². The van der Waals surface area contributed by atoms with Crippen molar-refractivity contribution < 1.29 is 9.90 Å². The van der Waals surface area contributed by atoms with Gasteiger partial charge >= 0.3 is 5.97 Å². The van der Waals surface area contributed by atoms with E-state index in [1.54, 1.807) is 29.6 Å². The van der Waals surface area contributed by atoms with Gasteiger partial charge in [-0.2, -0.15) is 0 Å². The number of hydrogen-bond acceptors (Lipinski definition) is 3. The first-order valence-electron chi connectivity index (χ1n) is 5.06. The van der Waals surface area contributed by atoms with Gasteiger partial charge in [0.1, 0.15) is 0 Å². The van der Waals surface area contributed by atoms with Crippen molar-refractivity contribution in [1.29, 1.82) is 0 Å². The molecule has 18 heavy (non-hydrogen) atoms. The number of carbonyl (C=O) groups is 1. The molecule has 6 heteroatoms. The minimum absolute atomic E-state index is 0.294. The molecule has 0 aliphatic carbocycles. The molecular weight excluding hydrogens is 293 g/mol. The zero-order chi connectivity index (χ0) is 13.1. The monoisotopic (exact) mass is 301 g/mol. The Morgan fingerprint density at radius 2 is 2.00 bits per heavy atom. The molecule has 1 aromatic heterocycles. The molecule has 94 valence electrons. The fraction of sp³-hybridized carbons (Fsp3) is 0.0833. The van der Waals surface area contributed by atoms with Crippen LogP contribution in [0.25, 0.3) is 0 Å². The minimum atomic E-state index is -0.923. The van der Waals surface area contributed by atoms with Crippen LogP contribution in [0, 0.1) is 0 Å². The lowest BCUT2D eigenvalue weighted by Crippen LogP contribution is -1.99. The van der Waals surface area contributed by atoms with Gasteiger partial charge in [0.2, 0.25) is 0 Å². The van der Waals surface area contributed by atoms with Gasteiger partial charge in [-0.1, -0.05) is 29.3 Å². The Kier molecular flexibility index (Phi) is 4.11. The second-order valence-corrected chi connectivity index (χ2v) is 5.37. The van der Waals surface area contributed by atoms with Gasteiger partial charge in [-0.3, -0.25) is 0 Å². The van der Waals surface area contributed by atoms with E-state index >= 15 is 0 Å². The summed E-state index contributed by atoms with van der Waals surface area (Å²) in [6, 6.07) is 6.88. The maximum Gasteiger partial charge on any atom is 0.336 e. The fourth-order valence-electron chi connectivity index (χ4n) is 1.43. The van der Waals surface area contributed by atoms with Crippen molar-refractivity contribution in [2.45, 2.75) is 6.54 Å². The number of halogens is 2. The van der Waals surface area contributed by atoms with Gasteiger partial charge in [-0.05, 0) is 18.2 Å². The lowest BCUT2D eigenvalue weighted by Gasteiger charge is -2.08. The smallest absolute Gasteiger partial charge is 0.336 e. The summed E-state index contributed by atoms with van der Waals surface area (Å²) in [7, 11) is 0. The van der Waals surface area contributed by atoms with Gasteiger partial charge in [0.05, 0.1) is 21.3 Å². The van der Waals surface area contributed by atoms with Gasteiger partial charge in [0, 0.05) is 16.8 Å². The van der Waals surface area contributed by atoms with E-state index in [9.17, 15) is 4.79 Å². The molecule has 0 aliphatic heterocycles. The molecular formula is C12H9Cl2NO2S. The van der Waals surface area contributed by atoms with E-state index in [4.69, 9.17) is 28.3 Å². The Labute approximate surface area is 118 Å². The van der Waals surface area contributed by atoms with Gasteiger partial charge in [-0.15, -0.1) is 11.3 Å².